The Morgan fingerprint density at radius 3 is 2.59 bits per heavy atom. The van der Waals surface area contributed by atoms with Crippen LogP contribution in [-0.4, -0.2) is 75.1 Å². The predicted molar refractivity (Wildman–Crippen MR) is 63.5 cm³/mol. The quantitative estimate of drug-likeness (QED) is 0.636. The van der Waals surface area contributed by atoms with Gasteiger partial charge in [-0.15, -0.1) is 0 Å². The molecule has 2 unspecified atom stereocenters. The lowest BCUT2D eigenvalue weighted by Crippen LogP contribution is -2.45. The molecule has 1 N–H and O–H groups in total. The molecule has 1 aliphatic rings. The molecule has 0 aromatic rings. The molecule has 1 saturated heterocycles. The van der Waals surface area contributed by atoms with Gasteiger partial charge in [-0.05, 0) is 27.6 Å². The van der Waals surface area contributed by atoms with Gasteiger partial charge in [0.05, 0.1) is 13.7 Å². The average molecular weight is 243 g/mol. The van der Waals surface area contributed by atoms with Crippen LogP contribution in [0.1, 0.15) is 6.42 Å². The van der Waals surface area contributed by atoms with Crippen molar-refractivity contribution in [2.45, 2.75) is 18.5 Å². The van der Waals surface area contributed by atoms with E-state index >= 15 is 0 Å². The molecule has 17 heavy (non-hydrogen) atoms. The van der Waals surface area contributed by atoms with Crippen LogP contribution in [0.25, 0.3) is 0 Å². The van der Waals surface area contributed by atoms with Crippen molar-refractivity contribution in [3.63, 3.8) is 0 Å². The Morgan fingerprint density at radius 2 is 2.12 bits per heavy atom. The van der Waals surface area contributed by atoms with Crippen molar-refractivity contribution in [1.29, 1.82) is 0 Å². The number of likely N-dealkylation sites (tertiary alicyclic amines) is 1. The summed E-state index contributed by atoms with van der Waals surface area (Å²) in [5, 5.41) is 3.10. The summed E-state index contributed by atoms with van der Waals surface area (Å²) in [6.07, 6.45) is 0.613. The Balaban J connectivity index is 2.72. The minimum absolute atomic E-state index is 0.0387. The minimum atomic E-state index is -0.454. The summed E-state index contributed by atoms with van der Waals surface area (Å²) >= 11 is 0. The van der Waals surface area contributed by atoms with E-state index in [1.165, 1.54) is 7.11 Å². The molecule has 1 heterocycles. The standard InChI is InChI=1S/C11H21N3O3/c1-12-8-5-9(11(16)17-4)14(6-8)10(15)7-13(2)3/h8-9,12H,5-7H2,1-4H3. The molecule has 0 aromatic heterocycles. The van der Waals surface area contributed by atoms with Crippen LogP contribution in [-0.2, 0) is 14.3 Å². The highest BCUT2D eigenvalue weighted by Crippen LogP contribution is 2.19. The molecular weight excluding hydrogens is 222 g/mol. The van der Waals surface area contributed by atoms with E-state index in [4.69, 9.17) is 4.74 Å². The third-order valence-electron chi connectivity index (χ3n) is 2.95. The molecule has 0 saturated carbocycles. The fraction of sp³-hybridized carbons (Fsp3) is 0.818. The lowest BCUT2D eigenvalue weighted by molar-refractivity contribution is -0.151. The fourth-order valence-corrected chi connectivity index (χ4v) is 2.04. The first-order valence-corrected chi connectivity index (χ1v) is 5.68. The molecule has 0 bridgehead atoms. The molecule has 1 aliphatic heterocycles. The molecule has 2 atom stereocenters. The van der Waals surface area contributed by atoms with E-state index in [9.17, 15) is 9.59 Å². The van der Waals surface area contributed by atoms with Gasteiger partial charge in [0.25, 0.3) is 0 Å². The van der Waals surface area contributed by atoms with Crippen LogP contribution in [0, 0.1) is 0 Å². The monoisotopic (exact) mass is 243 g/mol. The van der Waals surface area contributed by atoms with Crippen LogP contribution in [0.4, 0.5) is 0 Å². The smallest absolute Gasteiger partial charge is 0.328 e. The number of carbonyl (C=O) groups excluding carboxylic acids is 2. The van der Waals surface area contributed by atoms with Gasteiger partial charge in [0.2, 0.25) is 5.91 Å². The van der Waals surface area contributed by atoms with Crippen LogP contribution in [0.2, 0.25) is 0 Å². The average Bonchev–Trinajstić information content (AvgIpc) is 2.71. The first-order valence-electron chi connectivity index (χ1n) is 5.68. The lowest BCUT2D eigenvalue weighted by atomic mass is 10.2. The van der Waals surface area contributed by atoms with Gasteiger partial charge < -0.3 is 19.9 Å². The van der Waals surface area contributed by atoms with Crippen LogP contribution >= 0.6 is 0 Å². The lowest BCUT2D eigenvalue weighted by Gasteiger charge is -2.24. The molecule has 0 aliphatic carbocycles. The van der Waals surface area contributed by atoms with Crippen LogP contribution in [0.3, 0.4) is 0 Å². The van der Waals surface area contributed by atoms with Gasteiger partial charge in [0.1, 0.15) is 6.04 Å². The Kier molecular flexibility index (Phi) is 4.89. The number of methoxy groups -OCH3 is 1. The Bertz CT molecular complexity index is 294. The molecule has 1 fully saturated rings. The molecular formula is C11H21N3O3. The van der Waals surface area contributed by atoms with Gasteiger partial charge in [-0.1, -0.05) is 0 Å². The summed E-state index contributed by atoms with van der Waals surface area (Å²) in [5.41, 5.74) is 0. The summed E-state index contributed by atoms with van der Waals surface area (Å²) in [6, 6.07) is -0.296. The maximum absolute atomic E-state index is 12.0. The Morgan fingerprint density at radius 1 is 1.47 bits per heavy atom. The molecule has 0 aromatic carbocycles. The van der Waals surface area contributed by atoms with Gasteiger partial charge in [-0.25, -0.2) is 4.79 Å². The van der Waals surface area contributed by atoms with Gasteiger partial charge in [-0.3, -0.25) is 4.79 Å². The molecule has 6 heteroatoms. The van der Waals surface area contributed by atoms with Crippen molar-refractivity contribution in [2.75, 3.05) is 41.3 Å². The van der Waals surface area contributed by atoms with E-state index in [-0.39, 0.29) is 17.9 Å². The zero-order valence-electron chi connectivity index (χ0n) is 10.9. The van der Waals surface area contributed by atoms with Crippen molar-refractivity contribution < 1.29 is 14.3 Å². The zero-order valence-corrected chi connectivity index (χ0v) is 10.9. The van der Waals surface area contributed by atoms with Crippen LogP contribution < -0.4 is 5.32 Å². The second kappa shape index (κ2) is 5.97. The summed E-state index contributed by atoms with van der Waals surface area (Å²) < 4.78 is 4.74. The number of ether oxygens (including phenoxy) is 1. The number of carbonyl (C=O) groups is 2. The number of rotatable bonds is 4. The van der Waals surface area contributed by atoms with E-state index < -0.39 is 6.04 Å². The SMILES string of the molecule is CNC1CC(C(=O)OC)N(C(=O)CN(C)C)C1. The number of esters is 1. The van der Waals surface area contributed by atoms with Crippen molar-refractivity contribution in [1.82, 2.24) is 15.1 Å². The first-order chi connectivity index (χ1) is 7.99. The summed E-state index contributed by atoms with van der Waals surface area (Å²) in [5.74, 6) is -0.377. The normalized spacial score (nSPS) is 24.2. The fourth-order valence-electron chi connectivity index (χ4n) is 2.04. The largest absolute Gasteiger partial charge is 0.467 e. The molecule has 0 radical (unpaired) electrons. The third-order valence-corrected chi connectivity index (χ3v) is 2.95. The molecule has 1 amide bonds. The van der Waals surface area contributed by atoms with E-state index in [1.807, 2.05) is 21.1 Å². The summed E-state index contributed by atoms with van der Waals surface area (Å²) in [6.45, 7) is 0.868. The highest BCUT2D eigenvalue weighted by Gasteiger charge is 2.39. The third kappa shape index (κ3) is 3.41. The van der Waals surface area contributed by atoms with Gasteiger partial charge in [0, 0.05) is 12.6 Å². The molecule has 98 valence electrons. The number of amides is 1. The predicted octanol–water partition coefficient (Wildman–Crippen LogP) is -1.09. The maximum atomic E-state index is 12.0. The van der Waals surface area contributed by atoms with Gasteiger partial charge in [-0.2, -0.15) is 0 Å². The van der Waals surface area contributed by atoms with Crippen LogP contribution in [0.5, 0.6) is 0 Å². The zero-order chi connectivity index (χ0) is 13.0. The second-order valence-electron chi connectivity index (χ2n) is 4.54. The first kappa shape index (κ1) is 13.9. The number of nitrogens with zero attached hydrogens (tertiary/aromatic N) is 2. The minimum Gasteiger partial charge on any atom is -0.467 e. The second-order valence-corrected chi connectivity index (χ2v) is 4.54. The van der Waals surface area contributed by atoms with Crippen molar-refractivity contribution in [3.8, 4) is 0 Å². The van der Waals surface area contributed by atoms with Crippen molar-refractivity contribution >= 4 is 11.9 Å². The number of hydrogen-bond donors (Lipinski definition) is 1. The van der Waals surface area contributed by atoms with E-state index in [1.54, 1.807) is 9.80 Å². The van der Waals surface area contributed by atoms with Gasteiger partial charge in [0.15, 0.2) is 0 Å². The number of nitrogens with one attached hydrogen (secondary N) is 1. The number of hydrogen-bond acceptors (Lipinski definition) is 5. The topological polar surface area (TPSA) is 61.9 Å². The maximum Gasteiger partial charge on any atom is 0.328 e. The van der Waals surface area contributed by atoms with Gasteiger partial charge >= 0.3 is 5.97 Å². The van der Waals surface area contributed by atoms with E-state index in [0.29, 0.717) is 19.5 Å². The van der Waals surface area contributed by atoms with E-state index in [2.05, 4.69) is 5.32 Å². The molecule has 0 spiro atoms. The highest BCUT2D eigenvalue weighted by molar-refractivity contribution is 5.86. The molecule has 1 rings (SSSR count). The highest BCUT2D eigenvalue weighted by atomic mass is 16.5. The van der Waals surface area contributed by atoms with E-state index in [0.717, 1.165) is 0 Å². The van der Waals surface area contributed by atoms with Crippen molar-refractivity contribution in [2.24, 2.45) is 0 Å². The van der Waals surface area contributed by atoms with Crippen LogP contribution in [0.15, 0.2) is 0 Å². The Labute approximate surface area is 102 Å². The number of likely N-dealkylation sites (N-methyl/N-ethyl adjacent to an activating group) is 2. The van der Waals surface area contributed by atoms with Crippen molar-refractivity contribution in [3.05, 3.63) is 0 Å². The Hall–Kier alpha value is -1.14. The summed E-state index contributed by atoms with van der Waals surface area (Å²) in [7, 11) is 6.84. The molecule has 6 nitrogen and oxygen atoms in total. The summed E-state index contributed by atoms with van der Waals surface area (Å²) in [4.78, 5) is 27.0.